The van der Waals surface area contributed by atoms with E-state index in [-0.39, 0.29) is 0 Å². The lowest BCUT2D eigenvalue weighted by atomic mass is 10.2. The minimum Gasteiger partial charge on any atom is -0.310 e. The molecule has 2 rings (SSSR count). The van der Waals surface area contributed by atoms with Gasteiger partial charge < -0.3 is 5.32 Å². The summed E-state index contributed by atoms with van der Waals surface area (Å²) in [5, 5.41) is 12.0. The minimum atomic E-state index is 0.326. The van der Waals surface area contributed by atoms with E-state index >= 15 is 0 Å². The Kier molecular flexibility index (Phi) is 4.68. The smallest absolute Gasteiger partial charge is 0.148 e. The van der Waals surface area contributed by atoms with E-state index in [4.69, 9.17) is 0 Å². The second-order valence-corrected chi connectivity index (χ2v) is 4.65. The Morgan fingerprint density at radius 2 is 2.16 bits per heavy atom. The Bertz CT molecular complexity index is 501. The minimum absolute atomic E-state index is 0.326. The first-order chi connectivity index (χ1) is 9.24. The van der Waals surface area contributed by atoms with Gasteiger partial charge in [0.15, 0.2) is 0 Å². The third-order valence-electron chi connectivity index (χ3n) is 3.10. The summed E-state index contributed by atoms with van der Waals surface area (Å²) in [6.07, 6.45) is 6.64. The van der Waals surface area contributed by atoms with Gasteiger partial charge in [0.05, 0.1) is 6.20 Å². The van der Waals surface area contributed by atoms with Crippen molar-refractivity contribution in [2.45, 2.75) is 46.3 Å². The van der Waals surface area contributed by atoms with Gasteiger partial charge in [0.2, 0.25) is 0 Å². The van der Waals surface area contributed by atoms with E-state index in [1.165, 1.54) is 5.56 Å². The average molecular weight is 262 g/mol. The number of hydrogen-bond donors (Lipinski definition) is 1. The molecule has 0 aliphatic rings. The van der Waals surface area contributed by atoms with Gasteiger partial charge in [-0.2, -0.15) is 10.2 Å². The van der Waals surface area contributed by atoms with E-state index in [0.29, 0.717) is 12.6 Å². The Balaban J connectivity index is 2.05. The Morgan fingerprint density at radius 1 is 1.32 bits per heavy atom. The molecule has 0 radical (unpaired) electrons. The summed E-state index contributed by atoms with van der Waals surface area (Å²) in [5.41, 5.74) is 1.20. The van der Waals surface area contributed by atoms with E-state index in [1.54, 1.807) is 6.33 Å². The molecule has 2 aromatic heterocycles. The van der Waals surface area contributed by atoms with Gasteiger partial charge in [-0.25, -0.2) is 9.67 Å². The van der Waals surface area contributed by atoms with Gasteiger partial charge >= 0.3 is 0 Å². The van der Waals surface area contributed by atoms with Crippen LogP contribution in [0.15, 0.2) is 18.7 Å². The molecule has 0 aromatic carbocycles. The van der Waals surface area contributed by atoms with Crippen molar-refractivity contribution >= 4 is 0 Å². The van der Waals surface area contributed by atoms with Gasteiger partial charge in [-0.05, 0) is 19.9 Å². The van der Waals surface area contributed by atoms with Crippen LogP contribution in [0.1, 0.15) is 44.6 Å². The van der Waals surface area contributed by atoms with Crippen molar-refractivity contribution in [3.05, 3.63) is 30.1 Å². The van der Waals surface area contributed by atoms with Crippen LogP contribution in [0.2, 0.25) is 0 Å². The highest BCUT2D eigenvalue weighted by molar-refractivity contribution is 5.09. The zero-order valence-corrected chi connectivity index (χ0v) is 11.9. The molecule has 0 fully saturated rings. The number of aryl methyl sites for hydroxylation is 1. The number of nitrogens with zero attached hydrogens (tertiary/aromatic N) is 5. The molecule has 0 spiro atoms. The number of hydrogen-bond acceptors (Lipinski definition) is 4. The first-order valence-electron chi connectivity index (χ1n) is 6.87. The molecule has 2 heterocycles. The number of nitrogens with one attached hydrogen (secondary N) is 1. The van der Waals surface area contributed by atoms with Crippen molar-refractivity contribution in [1.29, 1.82) is 0 Å². The van der Waals surface area contributed by atoms with Crippen molar-refractivity contribution in [3.8, 4) is 0 Å². The SMILES string of the molecule is CCCn1ncnc1Cn1cc(C(C)NCC)cn1. The van der Waals surface area contributed by atoms with E-state index in [1.807, 2.05) is 15.6 Å². The van der Waals surface area contributed by atoms with Crippen LogP contribution in [0.5, 0.6) is 0 Å². The second kappa shape index (κ2) is 6.47. The van der Waals surface area contributed by atoms with E-state index in [2.05, 4.69) is 47.5 Å². The third kappa shape index (κ3) is 3.41. The summed E-state index contributed by atoms with van der Waals surface area (Å²) < 4.78 is 3.86. The quantitative estimate of drug-likeness (QED) is 0.823. The maximum Gasteiger partial charge on any atom is 0.148 e. The maximum absolute atomic E-state index is 4.39. The van der Waals surface area contributed by atoms with Crippen LogP contribution in [0, 0.1) is 0 Å². The molecular formula is C13H22N6. The molecule has 1 atom stereocenters. The summed E-state index contributed by atoms with van der Waals surface area (Å²) in [6.45, 7) is 8.90. The maximum atomic E-state index is 4.39. The molecule has 0 aliphatic carbocycles. The van der Waals surface area contributed by atoms with Crippen LogP contribution in [0.4, 0.5) is 0 Å². The molecule has 6 heteroatoms. The van der Waals surface area contributed by atoms with Crippen LogP contribution in [-0.2, 0) is 13.1 Å². The summed E-state index contributed by atoms with van der Waals surface area (Å²) in [7, 11) is 0. The topological polar surface area (TPSA) is 60.6 Å². The standard InChI is InChI=1S/C13H22N6/c1-4-6-19-13(15-10-17-19)9-18-8-12(7-16-18)11(3)14-5-2/h7-8,10-11,14H,4-6,9H2,1-3H3. The van der Waals surface area contributed by atoms with Crippen molar-refractivity contribution in [2.24, 2.45) is 0 Å². The lowest BCUT2D eigenvalue weighted by Gasteiger charge is -2.09. The van der Waals surface area contributed by atoms with Crippen LogP contribution in [0.3, 0.4) is 0 Å². The first kappa shape index (κ1) is 13.7. The van der Waals surface area contributed by atoms with Crippen LogP contribution < -0.4 is 5.32 Å². The molecule has 2 aromatic rings. The molecule has 1 N–H and O–H groups in total. The molecule has 1 unspecified atom stereocenters. The monoisotopic (exact) mass is 262 g/mol. The largest absolute Gasteiger partial charge is 0.310 e. The molecule has 19 heavy (non-hydrogen) atoms. The predicted molar refractivity (Wildman–Crippen MR) is 73.7 cm³/mol. The van der Waals surface area contributed by atoms with Crippen molar-refractivity contribution in [1.82, 2.24) is 29.9 Å². The summed E-state index contributed by atoms with van der Waals surface area (Å²) in [5.74, 6) is 0.951. The zero-order chi connectivity index (χ0) is 13.7. The fourth-order valence-corrected chi connectivity index (χ4v) is 2.07. The Labute approximate surface area is 113 Å². The fraction of sp³-hybridized carbons (Fsp3) is 0.615. The van der Waals surface area contributed by atoms with Gasteiger partial charge in [0, 0.05) is 24.3 Å². The fourth-order valence-electron chi connectivity index (χ4n) is 2.07. The molecule has 0 saturated heterocycles. The summed E-state index contributed by atoms with van der Waals surface area (Å²) >= 11 is 0. The zero-order valence-electron chi connectivity index (χ0n) is 11.9. The van der Waals surface area contributed by atoms with Gasteiger partial charge in [-0.3, -0.25) is 4.68 Å². The lowest BCUT2D eigenvalue weighted by Crippen LogP contribution is -2.17. The number of aromatic nitrogens is 5. The normalized spacial score (nSPS) is 12.8. The van der Waals surface area contributed by atoms with Crippen LogP contribution in [-0.4, -0.2) is 31.1 Å². The van der Waals surface area contributed by atoms with Gasteiger partial charge in [0.25, 0.3) is 0 Å². The lowest BCUT2D eigenvalue weighted by molar-refractivity contribution is 0.538. The van der Waals surface area contributed by atoms with Crippen molar-refractivity contribution in [3.63, 3.8) is 0 Å². The van der Waals surface area contributed by atoms with Crippen LogP contribution >= 0.6 is 0 Å². The van der Waals surface area contributed by atoms with E-state index in [0.717, 1.165) is 25.3 Å². The predicted octanol–water partition coefficient (Wildman–Crippen LogP) is 1.60. The second-order valence-electron chi connectivity index (χ2n) is 4.65. The number of rotatable bonds is 7. The highest BCUT2D eigenvalue weighted by Gasteiger charge is 2.09. The average Bonchev–Trinajstić information content (AvgIpc) is 3.01. The molecular weight excluding hydrogens is 240 g/mol. The molecule has 0 bridgehead atoms. The molecule has 0 amide bonds. The van der Waals surface area contributed by atoms with Gasteiger partial charge in [0.1, 0.15) is 18.7 Å². The highest BCUT2D eigenvalue weighted by Crippen LogP contribution is 2.11. The van der Waals surface area contributed by atoms with Gasteiger partial charge in [-0.15, -0.1) is 0 Å². The molecule has 0 aliphatic heterocycles. The first-order valence-corrected chi connectivity index (χ1v) is 6.87. The highest BCUT2D eigenvalue weighted by atomic mass is 15.4. The van der Waals surface area contributed by atoms with Crippen molar-refractivity contribution in [2.75, 3.05) is 6.54 Å². The Morgan fingerprint density at radius 3 is 2.89 bits per heavy atom. The molecule has 104 valence electrons. The Hall–Kier alpha value is -1.69. The van der Waals surface area contributed by atoms with Crippen molar-refractivity contribution < 1.29 is 0 Å². The van der Waals surface area contributed by atoms with E-state index < -0.39 is 0 Å². The molecule has 6 nitrogen and oxygen atoms in total. The van der Waals surface area contributed by atoms with E-state index in [9.17, 15) is 0 Å². The third-order valence-corrected chi connectivity index (χ3v) is 3.10. The van der Waals surface area contributed by atoms with Gasteiger partial charge in [-0.1, -0.05) is 13.8 Å². The summed E-state index contributed by atoms with van der Waals surface area (Å²) in [4.78, 5) is 4.30. The van der Waals surface area contributed by atoms with Crippen LogP contribution in [0.25, 0.3) is 0 Å². The summed E-state index contributed by atoms with van der Waals surface area (Å²) in [6, 6.07) is 0.326. The molecule has 0 saturated carbocycles.